The van der Waals surface area contributed by atoms with Gasteiger partial charge < -0.3 is 9.47 Å². The topological polar surface area (TPSA) is 48.4 Å². The van der Waals surface area contributed by atoms with Crippen LogP contribution in [0.5, 0.6) is 11.6 Å². The van der Waals surface area contributed by atoms with Crippen molar-refractivity contribution in [2.24, 2.45) is 0 Å². The van der Waals surface area contributed by atoms with Crippen LogP contribution in [0.3, 0.4) is 0 Å². The van der Waals surface area contributed by atoms with Gasteiger partial charge in [-0.3, -0.25) is 4.79 Å². The number of hydrogen-bond acceptors (Lipinski definition) is 4. The van der Waals surface area contributed by atoms with Crippen LogP contribution in [0.25, 0.3) is 11.1 Å². The van der Waals surface area contributed by atoms with Crippen molar-refractivity contribution in [1.82, 2.24) is 4.98 Å². The smallest absolute Gasteiger partial charge is 0.473 e. The Morgan fingerprint density at radius 1 is 1.00 bits per heavy atom. The first-order valence-electron chi connectivity index (χ1n) is 7.93. The van der Waals surface area contributed by atoms with Gasteiger partial charge in [0, 0.05) is 29.0 Å². The molecule has 0 saturated heterocycles. The number of carbonyl (C=O) groups is 1. The minimum absolute atomic E-state index is 0.110. The molecule has 0 saturated carbocycles. The van der Waals surface area contributed by atoms with Gasteiger partial charge in [0.25, 0.3) is 0 Å². The molecule has 0 unspecified atom stereocenters. The quantitative estimate of drug-likeness (QED) is 0.568. The molecular formula is C20H14F3NO3. The molecule has 0 aliphatic rings. The van der Waals surface area contributed by atoms with Crippen molar-refractivity contribution >= 4 is 6.29 Å². The van der Waals surface area contributed by atoms with Crippen LogP contribution in [0.15, 0.2) is 66.9 Å². The summed E-state index contributed by atoms with van der Waals surface area (Å²) in [5, 5.41) is 0. The highest BCUT2D eigenvalue weighted by Crippen LogP contribution is 2.34. The standard InChI is InChI=1S/C20H14F3NO3/c21-20(22,23)27-18-8-6-15(12-25)10-17(18)16-7-9-19(24-11-16)26-13-14-4-2-1-3-5-14/h1-12H,13H2. The lowest BCUT2D eigenvalue weighted by atomic mass is 10.0. The molecule has 27 heavy (non-hydrogen) atoms. The minimum atomic E-state index is -4.84. The average Bonchev–Trinajstić information content (AvgIpc) is 2.67. The molecule has 0 amide bonds. The van der Waals surface area contributed by atoms with Crippen LogP contribution in [0.4, 0.5) is 13.2 Å². The summed E-state index contributed by atoms with van der Waals surface area (Å²) in [5.74, 6) is -0.0831. The molecule has 4 nitrogen and oxygen atoms in total. The fraction of sp³-hybridized carbons (Fsp3) is 0.100. The van der Waals surface area contributed by atoms with Crippen molar-refractivity contribution in [2.45, 2.75) is 13.0 Å². The number of aromatic nitrogens is 1. The van der Waals surface area contributed by atoms with Gasteiger partial charge in [-0.05, 0) is 29.8 Å². The van der Waals surface area contributed by atoms with E-state index in [1.807, 2.05) is 30.3 Å². The van der Waals surface area contributed by atoms with Gasteiger partial charge >= 0.3 is 6.36 Å². The number of nitrogens with zero attached hydrogens (tertiary/aromatic N) is 1. The number of aldehydes is 1. The van der Waals surface area contributed by atoms with Crippen LogP contribution >= 0.6 is 0 Å². The summed E-state index contributed by atoms with van der Waals surface area (Å²) in [6.45, 7) is 0.316. The van der Waals surface area contributed by atoms with Gasteiger partial charge in [0.15, 0.2) is 0 Å². The van der Waals surface area contributed by atoms with Gasteiger partial charge in [0.2, 0.25) is 5.88 Å². The largest absolute Gasteiger partial charge is 0.573 e. The lowest BCUT2D eigenvalue weighted by Crippen LogP contribution is -2.17. The zero-order valence-corrected chi connectivity index (χ0v) is 13.9. The highest BCUT2D eigenvalue weighted by molar-refractivity contribution is 5.81. The summed E-state index contributed by atoms with van der Waals surface area (Å²) >= 11 is 0. The van der Waals surface area contributed by atoms with E-state index in [4.69, 9.17) is 4.74 Å². The molecule has 0 aliphatic carbocycles. The molecule has 3 rings (SSSR count). The Labute approximate surface area is 153 Å². The van der Waals surface area contributed by atoms with E-state index >= 15 is 0 Å². The molecular weight excluding hydrogens is 359 g/mol. The third-order valence-electron chi connectivity index (χ3n) is 3.64. The number of halogens is 3. The average molecular weight is 373 g/mol. The second-order valence-corrected chi connectivity index (χ2v) is 5.58. The summed E-state index contributed by atoms with van der Waals surface area (Å²) in [7, 11) is 0. The van der Waals surface area contributed by atoms with E-state index in [0.29, 0.717) is 24.3 Å². The molecule has 1 aromatic heterocycles. The first-order chi connectivity index (χ1) is 12.9. The van der Waals surface area contributed by atoms with Crippen LogP contribution in [0, 0.1) is 0 Å². The van der Waals surface area contributed by atoms with Crippen molar-refractivity contribution in [3.63, 3.8) is 0 Å². The molecule has 0 fully saturated rings. The van der Waals surface area contributed by atoms with Gasteiger partial charge in [-0.2, -0.15) is 0 Å². The maximum atomic E-state index is 12.6. The molecule has 0 aliphatic heterocycles. The first-order valence-corrected chi connectivity index (χ1v) is 7.93. The molecule has 3 aromatic rings. The highest BCUT2D eigenvalue weighted by Gasteiger charge is 2.32. The zero-order chi connectivity index (χ0) is 19.3. The third kappa shape index (κ3) is 5.07. The van der Waals surface area contributed by atoms with Gasteiger partial charge in [0.05, 0.1) is 0 Å². The molecule has 0 atom stereocenters. The Morgan fingerprint density at radius 3 is 2.41 bits per heavy atom. The molecule has 0 bridgehead atoms. The van der Waals surface area contributed by atoms with Gasteiger partial charge in [-0.25, -0.2) is 4.98 Å². The van der Waals surface area contributed by atoms with Crippen molar-refractivity contribution in [3.05, 3.63) is 78.0 Å². The zero-order valence-electron chi connectivity index (χ0n) is 13.9. The summed E-state index contributed by atoms with van der Waals surface area (Å²) in [4.78, 5) is 15.1. The fourth-order valence-electron chi connectivity index (χ4n) is 2.42. The van der Waals surface area contributed by atoms with Crippen LogP contribution in [0.2, 0.25) is 0 Å². The van der Waals surface area contributed by atoms with Crippen LogP contribution in [-0.4, -0.2) is 17.6 Å². The Bertz CT molecular complexity index is 910. The molecule has 7 heteroatoms. The second-order valence-electron chi connectivity index (χ2n) is 5.58. The number of benzene rings is 2. The summed E-state index contributed by atoms with van der Waals surface area (Å²) in [6.07, 6.45) is -2.93. The molecule has 0 radical (unpaired) electrons. The monoisotopic (exact) mass is 373 g/mol. The van der Waals surface area contributed by atoms with Crippen LogP contribution < -0.4 is 9.47 Å². The lowest BCUT2D eigenvalue weighted by molar-refractivity contribution is -0.274. The number of carbonyl (C=O) groups excluding carboxylic acids is 1. The Hall–Kier alpha value is -3.35. The predicted molar refractivity (Wildman–Crippen MR) is 92.5 cm³/mol. The van der Waals surface area contributed by atoms with Gasteiger partial charge in [-0.15, -0.1) is 13.2 Å². The Morgan fingerprint density at radius 2 is 1.78 bits per heavy atom. The van der Waals surface area contributed by atoms with Crippen LogP contribution in [0.1, 0.15) is 15.9 Å². The van der Waals surface area contributed by atoms with E-state index in [1.54, 1.807) is 12.1 Å². The van der Waals surface area contributed by atoms with Gasteiger partial charge in [-0.1, -0.05) is 30.3 Å². The van der Waals surface area contributed by atoms with E-state index < -0.39 is 12.1 Å². The van der Waals surface area contributed by atoms with Crippen molar-refractivity contribution < 1.29 is 27.4 Å². The van der Waals surface area contributed by atoms with E-state index in [2.05, 4.69) is 9.72 Å². The number of pyridine rings is 1. The van der Waals surface area contributed by atoms with E-state index in [1.165, 1.54) is 18.3 Å². The van der Waals surface area contributed by atoms with Crippen molar-refractivity contribution in [2.75, 3.05) is 0 Å². The highest BCUT2D eigenvalue weighted by atomic mass is 19.4. The molecule has 2 aromatic carbocycles. The number of alkyl halides is 3. The maximum Gasteiger partial charge on any atom is 0.573 e. The molecule has 138 valence electrons. The summed E-state index contributed by atoms with van der Waals surface area (Å²) < 4.78 is 47.5. The first kappa shape index (κ1) is 18.4. The minimum Gasteiger partial charge on any atom is -0.473 e. The third-order valence-corrected chi connectivity index (χ3v) is 3.64. The second kappa shape index (κ2) is 7.90. The van der Waals surface area contributed by atoms with Crippen molar-refractivity contribution in [1.29, 1.82) is 0 Å². The number of hydrogen-bond donors (Lipinski definition) is 0. The Kier molecular flexibility index (Phi) is 5.40. The molecule has 1 heterocycles. The predicted octanol–water partition coefficient (Wildman–Crippen LogP) is 5.04. The van der Waals surface area contributed by atoms with E-state index in [-0.39, 0.29) is 11.1 Å². The maximum absolute atomic E-state index is 12.6. The van der Waals surface area contributed by atoms with E-state index in [0.717, 1.165) is 11.6 Å². The number of rotatable bonds is 6. The summed E-state index contributed by atoms with van der Waals surface area (Å²) in [5.41, 5.74) is 1.66. The summed E-state index contributed by atoms with van der Waals surface area (Å²) in [6, 6.07) is 16.2. The SMILES string of the molecule is O=Cc1ccc(OC(F)(F)F)c(-c2ccc(OCc3ccccc3)nc2)c1. The van der Waals surface area contributed by atoms with Crippen LogP contribution in [-0.2, 0) is 6.61 Å². The fourth-order valence-corrected chi connectivity index (χ4v) is 2.42. The van der Waals surface area contributed by atoms with Gasteiger partial charge in [0.1, 0.15) is 18.6 Å². The van der Waals surface area contributed by atoms with Crippen molar-refractivity contribution in [3.8, 4) is 22.8 Å². The molecule has 0 N–H and O–H groups in total. The Balaban J connectivity index is 1.82. The normalized spacial score (nSPS) is 11.1. The molecule has 0 spiro atoms. The number of ether oxygens (including phenoxy) is 2. The lowest BCUT2D eigenvalue weighted by Gasteiger charge is -2.14. The van der Waals surface area contributed by atoms with E-state index in [9.17, 15) is 18.0 Å².